The van der Waals surface area contributed by atoms with Crippen LogP contribution >= 0.6 is 22.9 Å². The van der Waals surface area contributed by atoms with E-state index in [0.717, 1.165) is 37.9 Å². The molecule has 1 aliphatic rings. The summed E-state index contributed by atoms with van der Waals surface area (Å²) in [6.07, 6.45) is -1.24. The molecule has 136 valence electrons. The van der Waals surface area contributed by atoms with E-state index in [0.29, 0.717) is 12.1 Å². The quantitative estimate of drug-likeness (QED) is 0.417. The zero-order chi connectivity index (χ0) is 17.9. The molecule has 1 heterocycles. The third kappa shape index (κ3) is 4.43. The van der Waals surface area contributed by atoms with Gasteiger partial charge in [-0.1, -0.05) is 32.9 Å². The third-order valence-electron chi connectivity index (χ3n) is 5.02. The number of nitrogens with zero attached hydrogens (tertiary/aromatic N) is 2. The van der Waals surface area contributed by atoms with Crippen molar-refractivity contribution in [2.45, 2.75) is 64.3 Å². The molecule has 0 aromatic heterocycles. The molecule has 24 heavy (non-hydrogen) atoms. The van der Waals surface area contributed by atoms with Crippen LogP contribution in [0.2, 0.25) is 0 Å². The summed E-state index contributed by atoms with van der Waals surface area (Å²) in [5, 5.41) is 0. The van der Waals surface area contributed by atoms with Gasteiger partial charge in [0.1, 0.15) is 0 Å². The molecular formula is C18H26F3IN2. The van der Waals surface area contributed by atoms with Crippen LogP contribution < -0.4 is 0 Å². The van der Waals surface area contributed by atoms with E-state index < -0.39 is 11.7 Å². The zero-order valence-corrected chi connectivity index (χ0v) is 16.6. The number of benzene rings is 1. The van der Waals surface area contributed by atoms with Crippen molar-refractivity contribution in [3.05, 3.63) is 35.4 Å². The van der Waals surface area contributed by atoms with Crippen molar-refractivity contribution in [1.29, 1.82) is 0 Å². The molecule has 1 aliphatic heterocycles. The first kappa shape index (κ1) is 20.0. The van der Waals surface area contributed by atoms with Crippen LogP contribution in [-0.2, 0) is 6.18 Å². The normalized spacial score (nSPS) is 25.0. The van der Waals surface area contributed by atoms with E-state index in [-0.39, 0.29) is 6.04 Å². The average molecular weight is 454 g/mol. The van der Waals surface area contributed by atoms with Crippen LogP contribution in [0.5, 0.6) is 0 Å². The van der Waals surface area contributed by atoms with Crippen molar-refractivity contribution >= 4 is 22.9 Å². The standard InChI is InChI=1S/C18H26F3IN2/c1-4-15-12-24(22)16(5-2)11-23(15)17(6-3)13-7-9-14(10-8-13)18(19,20)21/h7-10,15-17H,4-6,11-12H2,1-3H3/t15-,16+,17+/m1/s1. The van der Waals surface area contributed by atoms with Crippen molar-refractivity contribution in [3.8, 4) is 0 Å². The van der Waals surface area contributed by atoms with E-state index in [4.69, 9.17) is 0 Å². The Hall–Kier alpha value is -0.340. The lowest BCUT2D eigenvalue weighted by Crippen LogP contribution is -2.55. The number of hydrogen-bond donors (Lipinski definition) is 0. The SMILES string of the molecule is CC[C@H]1CN([C@@H](CC)c2ccc(C(F)(F)F)cc2)[C@H](CC)CN1I. The van der Waals surface area contributed by atoms with Crippen molar-refractivity contribution in [1.82, 2.24) is 8.01 Å². The van der Waals surface area contributed by atoms with Crippen molar-refractivity contribution in [2.24, 2.45) is 0 Å². The van der Waals surface area contributed by atoms with Gasteiger partial charge in [-0.2, -0.15) is 13.2 Å². The Labute approximate surface area is 156 Å². The Morgan fingerprint density at radius 2 is 1.62 bits per heavy atom. The molecule has 0 unspecified atom stereocenters. The molecule has 0 bridgehead atoms. The van der Waals surface area contributed by atoms with E-state index in [1.165, 1.54) is 12.1 Å². The Bertz CT molecular complexity index is 518. The number of hydrogen-bond acceptors (Lipinski definition) is 2. The van der Waals surface area contributed by atoms with E-state index in [9.17, 15) is 13.2 Å². The van der Waals surface area contributed by atoms with Gasteiger partial charge in [0, 0.05) is 54.1 Å². The maximum atomic E-state index is 12.8. The van der Waals surface area contributed by atoms with Crippen LogP contribution in [0.25, 0.3) is 0 Å². The largest absolute Gasteiger partial charge is 0.416 e. The van der Waals surface area contributed by atoms with Gasteiger partial charge in [0.25, 0.3) is 0 Å². The first-order valence-electron chi connectivity index (χ1n) is 8.67. The predicted molar refractivity (Wildman–Crippen MR) is 100 cm³/mol. The third-order valence-corrected chi connectivity index (χ3v) is 6.21. The molecule has 0 saturated carbocycles. The summed E-state index contributed by atoms with van der Waals surface area (Å²) in [6, 6.07) is 6.85. The number of halogens is 4. The maximum absolute atomic E-state index is 12.8. The van der Waals surface area contributed by atoms with Crippen molar-refractivity contribution in [3.63, 3.8) is 0 Å². The van der Waals surface area contributed by atoms with Crippen LogP contribution in [0.15, 0.2) is 24.3 Å². The summed E-state index contributed by atoms with van der Waals surface area (Å²) >= 11 is 2.41. The fourth-order valence-corrected chi connectivity index (χ4v) is 4.59. The summed E-state index contributed by atoms with van der Waals surface area (Å²) in [4.78, 5) is 2.51. The lowest BCUT2D eigenvalue weighted by molar-refractivity contribution is -0.137. The van der Waals surface area contributed by atoms with Gasteiger partial charge >= 0.3 is 6.18 Å². The van der Waals surface area contributed by atoms with Crippen LogP contribution in [-0.4, -0.2) is 33.2 Å². The molecule has 1 aromatic carbocycles. The second kappa shape index (κ2) is 8.36. The van der Waals surface area contributed by atoms with Gasteiger partial charge in [-0.3, -0.25) is 4.90 Å². The molecule has 1 saturated heterocycles. The molecule has 2 nitrogen and oxygen atoms in total. The molecule has 0 radical (unpaired) electrons. The van der Waals surface area contributed by atoms with Gasteiger partial charge in [-0.15, -0.1) is 0 Å². The summed E-state index contributed by atoms with van der Waals surface area (Å²) < 4.78 is 40.8. The summed E-state index contributed by atoms with van der Waals surface area (Å²) in [5.74, 6) is 0. The van der Waals surface area contributed by atoms with Gasteiger partial charge in [-0.05, 0) is 37.0 Å². The first-order valence-corrected chi connectivity index (χ1v) is 9.63. The van der Waals surface area contributed by atoms with Crippen LogP contribution in [0.4, 0.5) is 13.2 Å². The molecule has 6 heteroatoms. The molecule has 1 fully saturated rings. The minimum atomic E-state index is -4.27. The number of rotatable bonds is 5. The van der Waals surface area contributed by atoms with Gasteiger partial charge < -0.3 is 0 Å². The highest BCUT2D eigenvalue weighted by atomic mass is 127. The molecule has 3 atom stereocenters. The van der Waals surface area contributed by atoms with Crippen molar-refractivity contribution in [2.75, 3.05) is 13.1 Å². The van der Waals surface area contributed by atoms with Gasteiger partial charge in [-0.25, -0.2) is 3.11 Å². The molecule has 0 amide bonds. The van der Waals surface area contributed by atoms with Crippen molar-refractivity contribution < 1.29 is 13.2 Å². The topological polar surface area (TPSA) is 6.48 Å². The van der Waals surface area contributed by atoms with Gasteiger partial charge in [0.05, 0.1) is 5.56 Å². The molecule has 2 rings (SSSR count). The van der Waals surface area contributed by atoms with Crippen LogP contribution in [0.3, 0.4) is 0 Å². The van der Waals surface area contributed by atoms with Crippen LogP contribution in [0, 0.1) is 0 Å². The minimum absolute atomic E-state index is 0.177. The lowest BCUT2D eigenvalue weighted by Gasteiger charge is -2.47. The zero-order valence-electron chi connectivity index (χ0n) is 14.5. The highest BCUT2D eigenvalue weighted by Crippen LogP contribution is 2.35. The van der Waals surface area contributed by atoms with Crippen LogP contribution in [0.1, 0.15) is 57.2 Å². The number of piperazine rings is 1. The molecule has 1 aromatic rings. The predicted octanol–water partition coefficient (Wildman–Crippen LogP) is 5.68. The fourth-order valence-electron chi connectivity index (χ4n) is 3.56. The average Bonchev–Trinajstić information content (AvgIpc) is 2.56. The van der Waals surface area contributed by atoms with E-state index in [1.807, 2.05) is 0 Å². The smallest absolute Gasteiger partial charge is 0.291 e. The Balaban J connectivity index is 2.25. The Morgan fingerprint density at radius 3 is 2.08 bits per heavy atom. The maximum Gasteiger partial charge on any atom is 0.416 e. The highest BCUT2D eigenvalue weighted by Gasteiger charge is 2.35. The first-order chi connectivity index (χ1) is 11.3. The van der Waals surface area contributed by atoms with E-state index in [2.05, 4.69) is 51.6 Å². The monoisotopic (exact) mass is 454 g/mol. The summed E-state index contributed by atoms with van der Waals surface area (Å²) in [7, 11) is 0. The summed E-state index contributed by atoms with van der Waals surface area (Å²) in [6.45, 7) is 8.48. The molecular weight excluding hydrogens is 428 g/mol. The fraction of sp³-hybridized carbons (Fsp3) is 0.667. The summed E-state index contributed by atoms with van der Waals surface area (Å²) in [5.41, 5.74) is 0.414. The molecule has 0 aliphatic carbocycles. The number of alkyl halides is 3. The van der Waals surface area contributed by atoms with Gasteiger partial charge in [0.2, 0.25) is 0 Å². The minimum Gasteiger partial charge on any atom is -0.291 e. The lowest BCUT2D eigenvalue weighted by atomic mass is 9.95. The Morgan fingerprint density at radius 1 is 1.04 bits per heavy atom. The molecule has 0 N–H and O–H groups in total. The second-order valence-electron chi connectivity index (χ2n) is 6.45. The molecule has 0 spiro atoms. The highest BCUT2D eigenvalue weighted by molar-refractivity contribution is 14.1. The van der Waals surface area contributed by atoms with E-state index in [1.54, 1.807) is 12.1 Å². The van der Waals surface area contributed by atoms with E-state index >= 15 is 0 Å². The Kier molecular flexibility index (Phi) is 6.96. The second-order valence-corrected chi connectivity index (χ2v) is 7.69. The van der Waals surface area contributed by atoms with Gasteiger partial charge in [0.15, 0.2) is 0 Å².